The molecule has 5 nitrogen and oxygen atoms in total. The number of aromatic nitrogens is 2. The maximum atomic E-state index is 6.25. The predicted molar refractivity (Wildman–Crippen MR) is 103 cm³/mol. The van der Waals surface area contributed by atoms with Crippen LogP contribution in [0.15, 0.2) is 18.2 Å². The lowest BCUT2D eigenvalue weighted by atomic mass is 10.2. The van der Waals surface area contributed by atoms with Gasteiger partial charge in [0.05, 0.1) is 30.2 Å². The first kappa shape index (κ1) is 19.0. The van der Waals surface area contributed by atoms with E-state index in [1.165, 1.54) is 0 Å². The fourth-order valence-electron chi connectivity index (χ4n) is 2.27. The van der Waals surface area contributed by atoms with Crippen molar-refractivity contribution in [2.24, 2.45) is 0 Å². The lowest BCUT2D eigenvalue weighted by Gasteiger charge is -2.11. The molecule has 0 aliphatic carbocycles. The van der Waals surface area contributed by atoms with Crippen LogP contribution < -0.4 is 10.6 Å². The SMILES string of the molecule is COCCNC(=S)Nc1c(C)nn(Cc2ccc(Cl)cc2Cl)c1C. The van der Waals surface area contributed by atoms with Crippen LogP contribution in [0.2, 0.25) is 10.0 Å². The van der Waals surface area contributed by atoms with E-state index < -0.39 is 0 Å². The first-order valence-electron chi connectivity index (χ1n) is 7.44. The van der Waals surface area contributed by atoms with Crippen LogP contribution in [0.1, 0.15) is 17.0 Å². The van der Waals surface area contributed by atoms with Crippen LogP contribution in [-0.2, 0) is 11.3 Å². The minimum absolute atomic E-state index is 0.544. The van der Waals surface area contributed by atoms with Gasteiger partial charge in [-0.25, -0.2) is 0 Å². The fourth-order valence-corrected chi connectivity index (χ4v) is 2.94. The molecule has 0 unspecified atom stereocenters. The molecule has 2 aromatic rings. The molecule has 0 fully saturated rings. The van der Waals surface area contributed by atoms with Gasteiger partial charge < -0.3 is 15.4 Å². The van der Waals surface area contributed by atoms with E-state index in [0.717, 1.165) is 22.6 Å². The summed E-state index contributed by atoms with van der Waals surface area (Å²) < 4.78 is 6.89. The van der Waals surface area contributed by atoms with Gasteiger partial charge in [-0.15, -0.1) is 0 Å². The highest BCUT2D eigenvalue weighted by molar-refractivity contribution is 7.80. The number of methoxy groups -OCH3 is 1. The molecule has 8 heteroatoms. The van der Waals surface area contributed by atoms with Crippen molar-refractivity contribution in [2.45, 2.75) is 20.4 Å². The summed E-state index contributed by atoms with van der Waals surface area (Å²) in [5, 5.41) is 12.6. The third-order valence-electron chi connectivity index (χ3n) is 3.55. The van der Waals surface area contributed by atoms with Crippen LogP contribution in [-0.4, -0.2) is 35.2 Å². The van der Waals surface area contributed by atoms with E-state index in [1.54, 1.807) is 13.2 Å². The van der Waals surface area contributed by atoms with Gasteiger partial charge in [0.2, 0.25) is 0 Å². The minimum Gasteiger partial charge on any atom is -0.383 e. The summed E-state index contributed by atoms with van der Waals surface area (Å²) in [7, 11) is 1.65. The second kappa shape index (κ2) is 8.67. The zero-order chi connectivity index (χ0) is 17.7. The Morgan fingerprint density at radius 2 is 2.08 bits per heavy atom. The third-order valence-corrected chi connectivity index (χ3v) is 4.38. The number of aryl methyl sites for hydroxylation is 1. The Balaban J connectivity index is 2.12. The smallest absolute Gasteiger partial charge is 0.170 e. The van der Waals surface area contributed by atoms with Crippen molar-refractivity contribution in [3.8, 4) is 0 Å². The number of anilines is 1. The van der Waals surface area contributed by atoms with Crippen LogP contribution in [0.3, 0.4) is 0 Å². The number of rotatable bonds is 6. The van der Waals surface area contributed by atoms with Crippen LogP contribution in [0.5, 0.6) is 0 Å². The van der Waals surface area contributed by atoms with Crippen molar-refractivity contribution in [3.63, 3.8) is 0 Å². The maximum Gasteiger partial charge on any atom is 0.170 e. The molecule has 1 aromatic carbocycles. The quantitative estimate of drug-likeness (QED) is 0.584. The van der Waals surface area contributed by atoms with Crippen molar-refractivity contribution in [2.75, 3.05) is 25.6 Å². The largest absolute Gasteiger partial charge is 0.383 e. The number of hydrogen-bond acceptors (Lipinski definition) is 3. The fraction of sp³-hybridized carbons (Fsp3) is 0.375. The summed E-state index contributed by atoms with van der Waals surface area (Å²) in [6.07, 6.45) is 0. The number of ether oxygens (including phenoxy) is 1. The van der Waals surface area contributed by atoms with E-state index in [2.05, 4.69) is 15.7 Å². The topological polar surface area (TPSA) is 51.1 Å². The molecule has 130 valence electrons. The van der Waals surface area contributed by atoms with Gasteiger partial charge in [0.25, 0.3) is 0 Å². The first-order chi connectivity index (χ1) is 11.4. The summed E-state index contributed by atoms with van der Waals surface area (Å²) in [5.41, 5.74) is 3.71. The van der Waals surface area contributed by atoms with Crippen LogP contribution in [0.25, 0.3) is 0 Å². The number of nitrogens with zero attached hydrogens (tertiary/aromatic N) is 2. The van der Waals surface area contributed by atoms with Gasteiger partial charge in [0, 0.05) is 23.7 Å². The molecule has 0 amide bonds. The average molecular weight is 387 g/mol. The highest BCUT2D eigenvalue weighted by atomic mass is 35.5. The molecule has 0 bridgehead atoms. The van der Waals surface area contributed by atoms with E-state index in [0.29, 0.717) is 34.9 Å². The molecule has 1 aromatic heterocycles. The second-order valence-electron chi connectivity index (χ2n) is 5.31. The molecule has 0 saturated carbocycles. The molecular formula is C16H20Cl2N4OS. The highest BCUT2D eigenvalue weighted by Crippen LogP contribution is 2.24. The Kier molecular flexibility index (Phi) is 6.86. The molecular weight excluding hydrogens is 367 g/mol. The second-order valence-corrected chi connectivity index (χ2v) is 6.56. The van der Waals surface area contributed by atoms with Crippen LogP contribution in [0, 0.1) is 13.8 Å². The Morgan fingerprint density at radius 3 is 2.75 bits per heavy atom. The highest BCUT2D eigenvalue weighted by Gasteiger charge is 2.14. The van der Waals surface area contributed by atoms with Crippen molar-refractivity contribution < 1.29 is 4.74 Å². The van der Waals surface area contributed by atoms with E-state index in [9.17, 15) is 0 Å². The summed E-state index contributed by atoms with van der Waals surface area (Å²) in [5.74, 6) is 0. The van der Waals surface area contributed by atoms with Crippen molar-refractivity contribution in [1.82, 2.24) is 15.1 Å². The monoisotopic (exact) mass is 386 g/mol. The number of halogens is 2. The summed E-state index contributed by atoms with van der Waals surface area (Å²) in [4.78, 5) is 0. The molecule has 2 N–H and O–H groups in total. The zero-order valence-electron chi connectivity index (χ0n) is 13.8. The number of nitrogens with one attached hydrogen (secondary N) is 2. The van der Waals surface area contributed by atoms with Gasteiger partial charge in [0.15, 0.2) is 5.11 Å². The van der Waals surface area contributed by atoms with Crippen molar-refractivity contribution >= 4 is 46.2 Å². The van der Waals surface area contributed by atoms with Crippen molar-refractivity contribution in [1.29, 1.82) is 0 Å². The Morgan fingerprint density at radius 1 is 1.33 bits per heavy atom. The lowest BCUT2D eigenvalue weighted by molar-refractivity contribution is 0.204. The average Bonchev–Trinajstić information content (AvgIpc) is 2.78. The Labute approximate surface area is 157 Å². The van der Waals surface area contributed by atoms with Gasteiger partial charge in [-0.2, -0.15) is 5.10 Å². The molecule has 0 spiro atoms. The van der Waals surface area contributed by atoms with Crippen LogP contribution >= 0.6 is 35.4 Å². The summed E-state index contributed by atoms with van der Waals surface area (Å²) in [6.45, 7) is 5.73. The molecule has 0 atom stereocenters. The van der Waals surface area contributed by atoms with Gasteiger partial charge in [0.1, 0.15) is 0 Å². The first-order valence-corrected chi connectivity index (χ1v) is 8.60. The van der Waals surface area contributed by atoms with Gasteiger partial charge in [-0.1, -0.05) is 29.3 Å². The predicted octanol–water partition coefficient (Wildman–Crippen LogP) is 3.79. The minimum atomic E-state index is 0.544. The van der Waals surface area contributed by atoms with E-state index in [1.807, 2.05) is 30.7 Å². The summed E-state index contributed by atoms with van der Waals surface area (Å²) in [6, 6.07) is 5.46. The molecule has 0 saturated heterocycles. The molecule has 0 aliphatic heterocycles. The standard InChI is InChI=1S/C16H20Cl2N4OS/c1-10-15(20-16(24)19-6-7-23-3)11(2)22(21-10)9-12-4-5-13(17)8-14(12)18/h4-5,8H,6-7,9H2,1-3H3,(H2,19,20,24). The normalized spacial score (nSPS) is 10.7. The molecule has 0 radical (unpaired) electrons. The van der Waals surface area contributed by atoms with Gasteiger partial charge >= 0.3 is 0 Å². The number of hydrogen-bond donors (Lipinski definition) is 2. The van der Waals surface area contributed by atoms with E-state index in [4.69, 9.17) is 40.2 Å². The maximum absolute atomic E-state index is 6.25. The Bertz CT molecular complexity index is 733. The number of benzene rings is 1. The van der Waals surface area contributed by atoms with Crippen molar-refractivity contribution in [3.05, 3.63) is 45.2 Å². The van der Waals surface area contributed by atoms with E-state index in [-0.39, 0.29) is 0 Å². The molecule has 1 heterocycles. The molecule has 2 rings (SSSR count). The van der Waals surface area contributed by atoms with E-state index >= 15 is 0 Å². The van der Waals surface area contributed by atoms with Gasteiger partial charge in [-0.05, 0) is 43.8 Å². The Hall–Kier alpha value is -1.34. The molecule has 24 heavy (non-hydrogen) atoms. The lowest BCUT2D eigenvalue weighted by Crippen LogP contribution is -2.31. The molecule has 0 aliphatic rings. The third kappa shape index (κ3) is 4.83. The number of thiocarbonyl (C=S) groups is 1. The van der Waals surface area contributed by atoms with Crippen LogP contribution in [0.4, 0.5) is 5.69 Å². The zero-order valence-corrected chi connectivity index (χ0v) is 16.1. The summed E-state index contributed by atoms with van der Waals surface area (Å²) >= 11 is 17.5. The van der Waals surface area contributed by atoms with Gasteiger partial charge in [-0.3, -0.25) is 4.68 Å².